The molecule has 1 saturated carbocycles. The molecule has 188 valence electrons. The Labute approximate surface area is 205 Å². The van der Waals surface area contributed by atoms with Crippen molar-refractivity contribution in [2.45, 2.75) is 89.5 Å². The molecule has 3 fully saturated rings. The topological polar surface area (TPSA) is 98.0 Å². The summed E-state index contributed by atoms with van der Waals surface area (Å²) in [6.07, 6.45) is 4.67. The second-order valence-electron chi connectivity index (χ2n) is 10.9. The molecular formula is C26H34N4O5. The van der Waals surface area contributed by atoms with Crippen LogP contribution >= 0.6 is 0 Å². The predicted octanol–water partition coefficient (Wildman–Crippen LogP) is 4.76. The lowest BCUT2D eigenvalue weighted by molar-refractivity contribution is -0.155. The van der Waals surface area contributed by atoms with Crippen LogP contribution in [0.25, 0.3) is 0 Å². The third-order valence-electron chi connectivity index (χ3n) is 7.04. The summed E-state index contributed by atoms with van der Waals surface area (Å²) in [5.74, 6) is 1.35. The van der Waals surface area contributed by atoms with E-state index in [4.69, 9.17) is 14.0 Å². The summed E-state index contributed by atoms with van der Waals surface area (Å²) >= 11 is 0. The van der Waals surface area contributed by atoms with E-state index in [9.17, 15) is 9.59 Å². The second kappa shape index (κ2) is 9.60. The molecule has 2 aliphatic heterocycles. The van der Waals surface area contributed by atoms with Crippen molar-refractivity contribution >= 4 is 12.0 Å². The van der Waals surface area contributed by atoms with E-state index in [0.29, 0.717) is 31.4 Å². The molecule has 0 N–H and O–H groups in total. The molecule has 2 bridgehead atoms. The van der Waals surface area contributed by atoms with Crippen molar-refractivity contribution < 1.29 is 23.6 Å². The van der Waals surface area contributed by atoms with Crippen LogP contribution in [-0.4, -0.2) is 50.3 Å². The number of hydroxylamine groups is 2. The van der Waals surface area contributed by atoms with Gasteiger partial charge in [-0.25, -0.2) is 4.79 Å². The number of carbonyl (C=O) groups is 2. The zero-order valence-corrected chi connectivity index (χ0v) is 20.7. The predicted molar refractivity (Wildman–Crippen MR) is 126 cm³/mol. The van der Waals surface area contributed by atoms with Crippen LogP contribution in [-0.2, 0) is 21.0 Å². The lowest BCUT2D eigenvalue weighted by Crippen LogP contribution is -2.34. The van der Waals surface area contributed by atoms with E-state index in [2.05, 4.69) is 10.2 Å². The van der Waals surface area contributed by atoms with Gasteiger partial charge in [0.25, 0.3) is 0 Å². The highest BCUT2D eigenvalue weighted by molar-refractivity contribution is 5.77. The van der Waals surface area contributed by atoms with E-state index in [-0.39, 0.29) is 35.9 Å². The van der Waals surface area contributed by atoms with Crippen LogP contribution in [0, 0.1) is 5.92 Å². The molecule has 3 heterocycles. The number of aromatic nitrogens is 2. The van der Waals surface area contributed by atoms with Gasteiger partial charge in [-0.1, -0.05) is 30.3 Å². The molecule has 0 unspecified atom stereocenters. The fraction of sp³-hybridized carbons (Fsp3) is 0.615. The number of benzene rings is 1. The highest BCUT2D eigenvalue weighted by Crippen LogP contribution is 2.42. The van der Waals surface area contributed by atoms with Crippen LogP contribution in [0.1, 0.15) is 88.6 Å². The van der Waals surface area contributed by atoms with E-state index in [1.54, 1.807) is 4.90 Å². The first-order valence-corrected chi connectivity index (χ1v) is 12.6. The van der Waals surface area contributed by atoms with Gasteiger partial charge in [0.05, 0.1) is 6.04 Å². The number of carbonyl (C=O) groups excluding carboxylic acids is 2. The number of amides is 2. The summed E-state index contributed by atoms with van der Waals surface area (Å²) in [6.45, 7) is 6.61. The first-order valence-electron chi connectivity index (χ1n) is 12.6. The third-order valence-corrected chi connectivity index (χ3v) is 7.04. The van der Waals surface area contributed by atoms with Gasteiger partial charge in [0.2, 0.25) is 11.8 Å². The van der Waals surface area contributed by atoms with Gasteiger partial charge in [-0.15, -0.1) is 10.2 Å². The lowest BCUT2D eigenvalue weighted by atomic mass is 10.0. The minimum atomic E-state index is -0.468. The number of fused-ring (bicyclic) bond motifs is 2. The van der Waals surface area contributed by atoms with E-state index in [1.807, 2.05) is 51.1 Å². The Kier molecular flexibility index (Phi) is 6.53. The van der Waals surface area contributed by atoms with Gasteiger partial charge in [0, 0.05) is 18.9 Å². The fourth-order valence-electron chi connectivity index (χ4n) is 5.42. The summed E-state index contributed by atoms with van der Waals surface area (Å²) in [7, 11) is 0. The molecule has 0 spiro atoms. The minimum Gasteiger partial charge on any atom is -0.460 e. The number of urea groups is 1. The number of hydrogen-bond donors (Lipinski definition) is 0. The Morgan fingerprint density at radius 3 is 2.63 bits per heavy atom. The maximum atomic E-state index is 13.1. The molecule has 2 amide bonds. The zero-order valence-electron chi connectivity index (χ0n) is 20.7. The molecule has 0 radical (unpaired) electrons. The Balaban J connectivity index is 1.17. The van der Waals surface area contributed by atoms with Crippen molar-refractivity contribution in [3.05, 3.63) is 47.7 Å². The van der Waals surface area contributed by atoms with Gasteiger partial charge in [-0.05, 0) is 64.4 Å². The molecule has 4 atom stereocenters. The highest BCUT2D eigenvalue weighted by atomic mass is 16.7. The van der Waals surface area contributed by atoms with Crippen LogP contribution in [0.15, 0.2) is 34.7 Å². The standard InChI is InChI=1S/C26H34N4O5/c1-26(2,3)35-22(31)14-18-9-10-19(13-18)23-27-28-24(34-23)21-12-11-20-15-29(21)25(32)30(20)33-16-17-7-5-4-6-8-17/h4-8,18-21H,9-16H2,1-3H3/t18-,19+,20-,21+/m1/s1. The lowest BCUT2D eigenvalue weighted by Gasteiger charge is -2.27. The zero-order chi connectivity index (χ0) is 24.6. The van der Waals surface area contributed by atoms with E-state index in [1.165, 1.54) is 5.06 Å². The number of hydrogen-bond acceptors (Lipinski definition) is 7. The van der Waals surface area contributed by atoms with Crippen molar-refractivity contribution in [1.29, 1.82) is 0 Å². The van der Waals surface area contributed by atoms with Crippen LogP contribution in [0.2, 0.25) is 0 Å². The second-order valence-corrected chi connectivity index (χ2v) is 10.9. The van der Waals surface area contributed by atoms with Gasteiger partial charge in [0.1, 0.15) is 18.2 Å². The maximum absolute atomic E-state index is 13.1. The first kappa shape index (κ1) is 23.8. The van der Waals surface area contributed by atoms with Crippen LogP contribution in [0.5, 0.6) is 0 Å². The number of piperidine rings is 1. The molecule has 2 saturated heterocycles. The van der Waals surface area contributed by atoms with Crippen molar-refractivity contribution in [1.82, 2.24) is 20.2 Å². The van der Waals surface area contributed by atoms with Crippen LogP contribution in [0.4, 0.5) is 4.79 Å². The monoisotopic (exact) mass is 482 g/mol. The van der Waals surface area contributed by atoms with Gasteiger partial charge < -0.3 is 14.1 Å². The summed E-state index contributed by atoms with van der Waals surface area (Å²) in [4.78, 5) is 33.0. The average molecular weight is 483 g/mol. The molecule has 1 aromatic heterocycles. The molecular weight excluding hydrogens is 448 g/mol. The SMILES string of the molecule is CC(C)(C)OC(=O)C[C@@H]1CC[C@H](c2nnc([C@@H]3CC[C@@H]4CN3C(=O)N4OCc3ccccc3)o2)C1. The summed E-state index contributed by atoms with van der Waals surface area (Å²) in [6, 6.07) is 9.50. The molecule has 2 aromatic rings. The molecule has 1 aromatic carbocycles. The quantitative estimate of drug-likeness (QED) is 0.525. The van der Waals surface area contributed by atoms with Crippen molar-refractivity contribution in [3.63, 3.8) is 0 Å². The van der Waals surface area contributed by atoms with Crippen molar-refractivity contribution in [2.24, 2.45) is 5.92 Å². The maximum Gasteiger partial charge on any atom is 0.345 e. The van der Waals surface area contributed by atoms with Crippen LogP contribution in [0.3, 0.4) is 0 Å². The van der Waals surface area contributed by atoms with Crippen molar-refractivity contribution in [2.75, 3.05) is 6.54 Å². The molecule has 1 aliphatic carbocycles. The first-order chi connectivity index (χ1) is 16.8. The van der Waals surface area contributed by atoms with Crippen molar-refractivity contribution in [3.8, 4) is 0 Å². The number of nitrogens with zero attached hydrogens (tertiary/aromatic N) is 4. The van der Waals surface area contributed by atoms with Gasteiger partial charge in [0.15, 0.2) is 0 Å². The minimum absolute atomic E-state index is 0.0355. The Hall–Kier alpha value is -2.94. The number of ether oxygens (including phenoxy) is 1. The molecule has 9 nitrogen and oxygen atoms in total. The average Bonchev–Trinajstić information content (AvgIpc) is 3.52. The largest absolute Gasteiger partial charge is 0.460 e. The molecule has 35 heavy (non-hydrogen) atoms. The van der Waals surface area contributed by atoms with Gasteiger partial charge in [-0.3, -0.25) is 9.63 Å². The third kappa shape index (κ3) is 5.34. The Morgan fingerprint density at radius 2 is 1.86 bits per heavy atom. The highest BCUT2D eigenvalue weighted by Gasteiger charge is 2.48. The van der Waals surface area contributed by atoms with E-state index < -0.39 is 5.60 Å². The van der Waals surface area contributed by atoms with E-state index in [0.717, 1.165) is 37.7 Å². The number of esters is 1. The van der Waals surface area contributed by atoms with E-state index >= 15 is 0 Å². The van der Waals surface area contributed by atoms with Gasteiger partial charge >= 0.3 is 12.0 Å². The fourth-order valence-corrected chi connectivity index (χ4v) is 5.42. The Bertz CT molecular complexity index is 1050. The summed E-state index contributed by atoms with van der Waals surface area (Å²) < 4.78 is 11.6. The smallest absolute Gasteiger partial charge is 0.345 e. The Morgan fingerprint density at radius 1 is 1.09 bits per heavy atom. The normalized spacial score (nSPS) is 26.4. The van der Waals surface area contributed by atoms with Crippen LogP contribution < -0.4 is 0 Å². The van der Waals surface area contributed by atoms with Gasteiger partial charge in [-0.2, -0.15) is 5.06 Å². The summed E-state index contributed by atoms with van der Waals surface area (Å²) in [5.41, 5.74) is 0.557. The summed E-state index contributed by atoms with van der Waals surface area (Å²) in [5, 5.41) is 10.2. The molecule has 3 aliphatic rings. The number of rotatable bonds is 7. The molecule has 5 rings (SSSR count). The molecule has 9 heteroatoms.